The van der Waals surface area contributed by atoms with Gasteiger partial charge in [0.15, 0.2) is 0 Å². The number of rotatable bonds is 8. The van der Waals surface area contributed by atoms with Gasteiger partial charge in [0.25, 0.3) is 0 Å². The molecule has 1 fully saturated rings. The summed E-state index contributed by atoms with van der Waals surface area (Å²) in [6, 6.07) is 6.74. The van der Waals surface area contributed by atoms with Crippen LogP contribution in [0.15, 0.2) is 30.7 Å². The van der Waals surface area contributed by atoms with Gasteiger partial charge in [-0.05, 0) is 50.1 Å². The van der Waals surface area contributed by atoms with Crippen molar-refractivity contribution in [2.24, 2.45) is 0 Å². The van der Waals surface area contributed by atoms with Crippen LogP contribution in [0, 0.1) is 6.92 Å². The number of hydrogen-bond donors (Lipinski definition) is 2. The zero-order valence-electron chi connectivity index (χ0n) is 15.4. The fraction of sp³-hybridized carbons (Fsp3) is 0.474. The van der Waals surface area contributed by atoms with Gasteiger partial charge in [-0.2, -0.15) is 0 Å². The molecule has 1 saturated heterocycles. The molecular formula is C19H27N5OS. The highest BCUT2D eigenvalue weighted by Crippen LogP contribution is 2.22. The smallest absolute Gasteiger partial charge is 0.211 e. The van der Waals surface area contributed by atoms with E-state index in [0.717, 1.165) is 48.9 Å². The van der Waals surface area contributed by atoms with Crippen molar-refractivity contribution in [3.8, 4) is 5.69 Å². The maximum atomic E-state index is 10.9. The van der Waals surface area contributed by atoms with Crippen LogP contribution >= 0.6 is 11.9 Å². The molecule has 3 rings (SSSR count). The van der Waals surface area contributed by atoms with Crippen molar-refractivity contribution >= 4 is 24.0 Å². The first-order valence-corrected chi connectivity index (χ1v) is 10.1. The average Bonchev–Trinajstić information content (AvgIpc) is 3.07. The number of imidazole rings is 1. The van der Waals surface area contributed by atoms with Gasteiger partial charge < -0.3 is 9.88 Å². The van der Waals surface area contributed by atoms with Gasteiger partial charge in [0.1, 0.15) is 0 Å². The van der Waals surface area contributed by atoms with E-state index < -0.39 is 0 Å². The zero-order chi connectivity index (χ0) is 18.4. The Hall–Kier alpha value is -1.83. The Bertz CT molecular complexity index is 732. The molecule has 0 spiro atoms. The summed E-state index contributed by atoms with van der Waals surface area (Å²) in [5.41, 5.74) is 3.99. The van der Waals surface area contributed by atoms with Gasteiger partial charge in [-0.1, -0.05) is 18.9 Å². The average molecular weight is 374 g/mol. The highest BCUT2D eigenvalue weighted by Gasteiger charge is 2.20. The van der Waals surface area contributed by atoms with Crippen molar-refractivity contribution in [2.75, 3.05) is 24.2 Å². The minimum Gasteiger partial charge on any atom is -0.329 e. The fourth-order valence-electron chi connectivity index (χ4n) is 3.38. The summed E-state index contributed by atoms with van der Waals surface area (Å²) < 4.78 is 5.56. The maximum absolute atomic E-state index is 10.9. The van der Waals surface area contributed by atoms with Gasteiger partial charge in [0.05, 0.1) is 12.0 Å². The Morgan fingerprint density at radius 2 is 2.27 bits per heavy atom. The number of anilines is 1. The standard InChI is InChI=1S/C19H27N5OS/c1-3-26-22-17-5-4-6-23(12-17)11-16-7-18(21-14-25)9-19(8-16)24-10-15(2)20-13-24/h7-10,13-14,17,22H,3-6,11-12H2,1-2H3,(H,21,25). The number of benzene rings is 1. The predicted molar refractivity (Wildman–Crippen MR) is 108 cm³/mol. The molecule has 2 aromatic rings. The summed E-state index contributed by atoms with van der Waals surface area (Å²) in [7, 11) is 0. The topological polar surface area (TPSA) is 62.2 Å². The van der Waals surface area contributed by atoms with E-state index in [-0.39, 0.29) is 0 Å². The van der Waals surface area contributed by atoms with Crippen LogP contribution < -0.4 is 10.0 Å². The molecule has 6 nitrogen and oxygen atoms in total. The van der Waals surface area contributed by atoms with Crippen molar-refractivity contribution in [1.29, 1.82) is 0 Å². The lowest BCUT2D eigenvalue weighted by Gasteiger charge is -2.33. The van der Waals surface area contributed by atoms with E-state index >= 15 is 0 Å². The number of likely N-dealkylation sites (tertiary alicyclic amines) is 1. The molecule has 1 aromatic heterocycles. The second-order valence-corrected chi connectivity index (χ2v) is 7.80. The molecule has 0 aliphatic carbocycles. The third-order valence-corrected chi connectivity index (χ3v) is 5.31. The molecule has 0 saturated carbocycles. The van der Waals surface area contributed by atoms with Crippen LogP contribution in [0.25, 0.3) is 5.69 Å². The summed E-state index contributed by atoms with van der Waals surface area (Å²) in [4.78, 5) is 17.7. The second-order valence-electron chi connectivity index (χ2n) is 6.70. The van der Waals surface area contributed by atoms with Crippen LogP contribution in [0.5, 0.6) is 0 Å². The van der Waals surface area contributed by atoms with Gasteiger partial charge in [0, 0.05) is 42.5 Å². The molecule has 1 amide bonds. The summed E-state index contributed by atoms with van der Waals surface area (Å²) in [5, 5.41) is 2.79. The van der Waals surface area contributed by atoms with E-state index in [1.807, 2.05) is 30.1 Å². The summed E-state index contributed by atoms with van der Waals surface area (Å²) >= 11 is 1.80. The van der Waals surface area contributed by atoms with Crippen molar-refractivity contribution < 1.29 is 4.79 Å². The zero-order valence-corrected chi connectivity index (χ0v) is 16.3. The predicted octanol–water partition coefficient (Wildman–Crippen LogP) is 2.97. The number of piperidine rings is 1. The Morgan fingerprint density at radius 3 is 3.00 bits per heavy atom. The van der Waals surface area contributed by atoms with Gasteiger partial charge in [-0.25, -0.2) is 4.98 Å². The van der Waals surface area contributed by atoms with Crippen LogP contribution in [-0.2, 0) is 11.3 Å². The molecule has 2 heterocycles. The van der Waals surface area contributed by atoms with Gasteiger partial charge in [-0.3, -0.25) is 14.4 Å². The number of nitrogens with zero attached hydrogens (tertiary/aromatic N) is 3. The first-order valence-electron chi connectivity index (χ1n) is 9.12. The summed E-state index contributed by atoms with van der Waals surface area (Å²) in [6.07, 6.45) is 6.97. The van der Waals surface area contributed by atoms with Crippen molar-refractivity contribution in [2.45, 2.75) is 39.3 Å². The maximum Gasteiger partial charge on any atom is 0.211 e. The van der Waals surface area contributed by atoms with E-state index in [4.69, 9.17) is 0 Å². The van der Waals surface area contributed by atoms with E-state index in [9.17, 15) is 4.79 Å². The molecule has 1 atom stereocenters. The Labute approximate surface area is 159 Å². The monoisotopic (exact) mass is 373 g/mol. The number of aromatic nitrogens is 2. The number of carbonyl (C=O) groups excluding carboxylic acids is 1. The number of hydrogen-bond acceptors (Lipinski definition) is 5. The Balaban J connectivity index is 1.75. The third kappa shape index (κ3) is 5.09. The van der Waals surface area contributed by atoms with E-state index in [2.05, 4.69) is 39.0 Å². The van der Waals surface area contributed by atoms with E-state index in [1.54, 1.807) is 11.9 Å². The number of amides is 1. The SMILES string of the molecule is CCSNC1CCCN(Cc2cc(NC=O)cc(-n3cnc(C)c3)c2)C1. The molecule has 1 aliphatic rings. The number of aryl methyl sites for hydroxylation is 1. The molecule has 1 aromatic carbocycles. The quantitative estimate of drug-likeness (QED) is 0.550. The van der Waals surface area contributed by atoms with Crippen LogP contribution in [0.2, 0.25) is 0 Å². The lowest BCUT2D eigenvalue weighted by atomic mass is 10.1. The molecule has 1 aliphatic heterocycles. The van der Waals surface area contributed by atoms with Crippen LogP contribution in [0.3, 0.4) is 0 Å². The Morgan fingerprint density at radius 1 is 1.38 bits per heavy atom. The summed E-state index contributed by atoms with van der Waals surface area (Å²) in [5.74, 6) is 1.09. The lowest BCUT2D eigenvalue weighted by Crippen LogP contribution is -2.43. The van der Waals surface area contributed by atoms with Crippen molar-refractivity contribution in [3.05, 3.63) is 42.0 Å². The molecule has 0 bridgehead atoms. The number of nitrogens with one attached hydrogen (secondary N) is 2. The Kier molecular flexibility index (Phi) is 6.71. The highest BCUT2D eigenvalue weighted by atomic mass is 32.2. The molecular weight excluding hydrogens is 346 g/mol. The molecule has 2 N–H and O–H groups in total. The van der Waals surface area contributed by atoms with Crippen LogP contribution in [-0.4, -0.2) is 45.7 Å². The highest BCUT2D eigenvalue weighted by molar-refractivity contribution is 7.97. The van der Waals surface area contributed by atoms with Crippen molar-refractivity contribution in [3.63, 3.8) is 0 Å². The largest absolute Gasteiger partial charge is 0.329 e. The minimum absolute atomic E-state index is 0.542. The molecule has 0 radical (unpaired) electrons. The van der Waals surface area contributed by atoms with Gasteiger partial charge >= 0.3 is 0 Å². The number of carbonyl (C=O) groups is 1. The molecule has 7 heteroatoms. The minimum atomic E-state index is 0.542. The fourth-order valence-corrected chi connectivity index (χ4v) is 3.98. The molecule has 1 unspecified atom stereocenters. The molecule has 26 heavy (non-hydrogen) atoms. The normalized spacial score (nSPS) is 18.0. The van der Waals surface area contributed by atoms with E-state index in [0.29, 0.717) is 6.04 Å². The van der Waals surface area contributed by atoms with Gasteiger partial charge in [-0.15, -0.1) is 0 Å². The van der Waals surface area contributed by atoms with E-state index in [1.165, 1.54) is 18.4 Å². The second kappa shape index (κ2) is 9.21. The summed E-state index contributed by atoms with van der Waals surface area (Å²) in [6.45, 7) is 7.19. The van der Waals surface area contributed by atoms with Gasteiger partial charge in [0.2, 0.25) is 6.41 Å². The lowest BCUT2D eigenvalue weighted by molar-refractivity contribution is -0.105. The first kappa shape index (κ1) is 18.9. The van der Waals surface area contributed by atoms with Crippen LogP contribution in [0.1, 0.15) is 31.0 Å². The molecule has 140 valence electrons. The first-order chi connectivity index (χ1) is 12.7. The van der Waals surface area contributed by atoms with Crippen molar-refractivity contribution in [1.82, 2.24) is 19.2 Å². The van der Waals surface area contributed by atoms with Crippen LogP contribution in [0.4, 0.5) is 5.69 Å². The third-order valence-electron chi connectivity index (χ3n) is 4.52.